The quantitative estimate of drug-likeness (QED) is 0.180. The van der Waals surface area contributed by atoms with Crippen LogP contribution in [0, 0.1) is 11.1 Å². The standard InChI is InChI=1S/C9H15N3O6/c1-6(2)9(15)17-5-18-10-12(16)11-4-3-7(11)8(13)14/h6-7H,3-5H2,1-2H3,(H,13,14)/b12-10-. The van der Waals surface area contributed by atoms with Crippen molar-refractivity contribution in [2.45, 2.75) is 26.3 Å². The van der Waals surface area contributed by atoms with Gasteiger partial charge in [0.1, 0.15) is 0 Å². The van der Waals surface area contributed by atoms with E-state index in [4.69, 9.17) is 5.11 Å². The molecule has 102 valence electrons. The van der Waals surface area contributed by atoms with Crippen molar-refractivity contribution in [1.29, 1.82) is 0 Å². The van der Waals surface area contributed by atoms with Crippen LogP contribution in [0.3, 0.4) is 0 Å². The van der Waals surface area contributed by atoms with Crippen LogP contribution in [0.25, 0.3) is 0 Å². The first-order chi connectivity index (χ1) is 8.43. The first-order valence-electron chi connectivity index (χ1n) is 5.39. The number of ether oxygens (including phenoxy) is 1. The van der Waals surface area contributed by atoms with E-state index in [1.54, 1.807) is 13.8 Å². The number of carboxylic acid groups (broad SMARTS) is 1. The topological polar surface area (TPSA) is 114 Å². The normalized spacial score (nSPS) is 19.4. The fourth-order valence-electron chi connectivity index (χ4n) is 1.20. The van der Waals surface area contributed by atoms with Gasteiger partial charge in [-0.05, 0) is 0 Å². The van der Waals surface area contributed by atoms with Gasteiger partial charge in [0.05, 0.1) is 17.4 Å². The highest BCUT2D eigenvalue weighted by molar-refractivity contribution is 5.74. The SMILES string of the molecule is CC(C)C(=O)OCO/N=[N+](\[O-])N1CCC1C(=O)O. The number of rotatable bonds is 6. The monoisotopic (exact) mass is 261 g/mol. The van der Waals surface area contributed by atoms with E-state index < -0.39 is 24.8 Å². The molecule has 0 bridgehead atoms. The van der Waals surface area contributed by atoms with Gasteiger partial charge in [0.15, 0.2) is 6.04 Å². The third-order valence-corrected chi connectivity index (χ3v) is 2.35. The Morgan fingerprint density at radius 2 is 2.28 bits per heavy atom. The van der Waals surface area contributed by atoms with Crippen LogP contribution in [0.1, 0.15) is 20.3 Å². The molecule has 1 N–H and O–H groups in total. The Bertz CT molecular complexity index is 356. The number of esters is 1. The largest absolute Gasteiger partial charge is 0.569 e. The molecule has 1 rings (SSSR count). The highest BCUT2D eigenvalue weighted by atomic mass is 16.8. The van der Waals surface area contributed by atoms with Gasteiger partial charge in [-0.2, -0.15) is 0 Å². The van der Waals surface area contributed by atoms with E-state index in [2.05, 4.69) is 14.9 Å². The van der Waals surface area contributed by atoms with Crippen molar-refractivity contribution in [3.63, 3.8) is 0 Å². The zero-order valence-electron chi connectivity index (χ0n) is 10.1. The molecule has 0 aromatic rings. The maximum Gasteiger partial charge on any atom is 0.332 e. The summed E-state index contributed by atoms with van der Waals surface area (Å²) in [7, 11) is 0. The molecule has 1 heterocycles. The van der Waals surface area contributed by atoms with Gasteiger partial charge in [0, 0.05) is 6.42 Å². The van der Waals surface area contributed by atoms with E-state index in [1.807, 2.05) is 0 Å². The summed E-state index contributed by atoms with van der Waals surface area (Å²) in [6.45, 7) is 3.11. The molecule has 0 amide bonds. The summed E-state index contributed by atoms with van der Waals surface area (Å²) in [6, 6.07) is -0.881. The van der Waals surface area contributed by atoms with E-state index in [0.29, 0.717) is 13.0 Å². The third kappa shape index (κ3) is 3.47. The van der Waals surface area contributed by atoms with Crippen molar-refractivity contribution < 1.29 is 29.2 Å². The zero-order chi connectivity index (χ0) is 13.7. The summed E-state index contributed by atoms with van der Waals surface area (Å²) in [5, 5.41) is 24.0. The van der Waals surface area contributed by atoms with Crippen LogP contribution in [-0.4, -0.2) is 46.4 Å². The number of carboxylic acids is 1. The molecular formula is C9H15N3O6. The summed E-state index contributed by atoms with van der Waals surface area (Å²) in [5.74, 6) is -1.87. The summed E-state index contributed by atoms with van der Waals surface area (Å²) >= 11 is 0. The van der Waals surface area contributed by atoms with Crippen LogP contribution in [0.4, 0.5) is 0 Å². The van der Waals surface area contributed by atoms with E-state index >= 15 is 0 Å². The van der Waals surface area contributed by atoms with E-state index in [9.17, 15) is 14.8 Å². The Kier molecular flexibility index (Phi) is 4.69. The second-order valence-corrected chi connectivity index (χ2v) is 4.01. The number of hydrazine groups is 1. The Morgan fingerprint density at radius 1 is 1.61 bits per heavy atom. The van der Waals surface area contributed by atoms with Gasteiger partial charge < -0.3 is 19.9 Å². The average Bonchev–Trinajstić information content (AvgIpc) is 2.21. The number of aliphatic carboxylic acids is 1. The smallest absolute Gasteiger partial charge is 0.332 e. The van der Waals surface area contributed by atoms with Crippen LogP contribution < -0.4 is 0 Å². The molecule has 0 saturated carbocycles. The van der Waals surface area contributed by atoms with Gasteiger partial charge in [-0.15, -0.1) is 5.01 Å². The summed E-state index contributed by atoms with van der Waals surface area (Å²) in [6.07, 6.45) is 0.381. The molecule has 1 aliphatic rings. The van der Waals surface area contributed by atoms with Crippen LogP contribution in [0.2, 0.25) is 0 Å². The van der Waals surface area contributed by atoms with Crippen LogP contribution in [0.15, 0.2) is 5.28 Å². The van der Waals surface area contributed by atoms with Gasteiger partial charge in [-0.1, -0.05) is 13.8 Å². The molecule has 18 heavy (non-hydrogen) atoms. The lowest BCUT2D eigenvalue weighted by atomic mass is 10.1. The Hall–Kier alpha value is -2.06. The third-order valence-electron chi connectivity index (χ3n) is 2.35. The number of hydrogen-bond donors (Lipinski definition) is 1. The van der Waals surface area contributed by atoms with Crippen LogP contribution in [0.5, 0.6) is 0 Å². The van der Waals surface area contributed by atoms with Gasteiger partial charge in [-0.25, -0.2) is 4.79 Å². The summed E-state index contributed by atoms with van der Waals surface area (Å²) in [4.78, 5) is 26.1. The predicted octanol–water partition coefficient (Wildman–Crippen LogP) is 0.111. The summed E-state index contributed by atoms with van der Waals surface area (Å²) < 4.78 is 4.60. The predicted molar refractivity (Wildman–Crippen MR) is 55.7 cm³/mol. The Morgan fingerprint density at radius 3 is 2.72 bits per heavy atom. The molecule has 0 aromatic carbocycles. The summed E-state index contributed by atoms with van der Waals surface area (Å²) in [5.41, 5.74) is 0. The fourth-order valence-corrected chi connectivity index (χ4v) is 1.20. The molecule has 1 unspecified atom stereocenters. The molecule has 0 radical (unpaired) electrons. The highest BCUT2D eigenvalue weighted by Gasteiger charge is 2.41. The molecule has 9 heteroatoms. The maximum atomic E-state index is 11.3. The maximum absolute atomic E-state index is 11.3. The Labute approximate surface area is 103 Å². The van der Waals surface area contributed by atoms with Gasteiger partial charge in [0.25, 0.3) is 6.79 Å². The fraction of sp³-hybridized carbons (Fsp3) is 0.778. The van der Waals surface area contributed by atoms with E-state index in [-0.39, 0.29) is 10.9 Å². The van der Waals surface area contributed by atoms with E-state index in [0.717, 1.165) is 5.01 Å². The molecule has 0 spiro atoms. The number of hydrogen-bond acceptors (Lipinski definition) is 6. The molecule has 9 nitrogen and oxygen atoms in total. The Balaban J connectivity index is 2.30. The molecule has 0 aromatic heterocycles. The van der Waals surface area contributed by atoms with Crippen LogP contribution >= 0.6 is 0 Å². The molecule has 0 aliphatic carbocycles. The van der Waals surface area contributed by atoms with Crippen molar-refractivity contribution in [3.8, 4) is 0 Å². The minimum Gasteiger partial charge on any atom is -0.569 e. The minimum atomic E-state index is -1.09. The number of carbonyl (C=O) groups excluding carboxylic acids is 1. The minimum absolute atomic E-state index is 0.0471. The second-order valence-electron chi connectivity index (χ2n) is 4.01. The first kappa shape index (κ1) is 14.0. The molecular weight excluding hydrogens is 246 g/mol. The average molecular weight is 261 g/mol. The van der Waals surface area contributed by atoms with Crippen LogP contribution in [-0.2, 0) is 19.2 Å². The highest BCUT2D eigenvalue weighted by Crippen LogP contribution is 2.17. The van der Waals surface area contributed by atoms with E-state index in [1.165, 1.54) is 0 Å². The number of carbonyl (C=O) groups is 2. The van der Waals surface area contributed by atoms with Crippen molar-refractivity contribution in [2.24, 2.45) is 11.2 Å². The van der Waals surface area contributed by atoms with Crippen molar-refractivity contribution >= 4 is 11.9 Å². The van der Waals surface area contributed by atoms with Gasteiger partial charge >= 0.3 is 11.9 Å². The lowest BCUT2D eigenvalue weighted by Gasteiger charge is -2.31. The lowest BCUT2D eigenvalue weighted by Crippen LogP contribution is -2.55. The zero-order valence-corrected chi connectivity index (χ0v) is 10.1. The van der Waals surface area contributed by atoms with Crippen molar-refractivity contribution in [3.05, 3.63) is 5.21 Å². The molecule has 1 fully saturated rings. The molecule has 1 aliphatic heterocycles. The lowest BCUT2D eigenvalue weighted by molar-refractivity contribution is -0.729. The van der Waals surface area contributed by atoms with Crippen molar-refractivity contribution in [1.82, 2.24) is 5.01 Å². The van der Waals surface area contributed by atoms with Crippen molar-refractivity contribution in [2.75, 3.05) is 13.3 Å². The first-order valence-corrected chi connectivity index (χ1v) is 5.39. The van der Waals surface area contributed by atoms with Gasteiger partial charge in [0.2, 0.25) is 5.28 Å². The molecule has 1 atom stereocenters. The van der Waals surface area contributed by atoms with Gasteiger partial charge in [-0.3, -0.25) is 4.79 Å². The second kappa shape index (κ2) is 6.03. The molecule has 1 saturated heterocycles. The number of nitrogens with zero attached hydrogens (tertiary/aromatic N) is 3.